The summed E-state index contributed by atoms with van der Waals surface area (Å²) in [5.74, 6) is 0.458. The van der Waals surface area contributed by atoms with Crippen molar-refractivity contribution in [2.45, 2.75) is 31.7 Å². The van der Waals surface area contributed by atoms with Gasteiger partial charge in [0.15, 0.2) is 0 Å². The molecule has 2 aliphatic rings. The van der Waals surface area contributed by atoms with Gasteiger partial charge >= 0.3 is 0 Å². The SMILES string of the molecule is O=C(C1CCOCC1)N1CCC[C@@H](Nc2nc3cc[nH]c(=O)c3c3cc(F)ccc23)C1. The molecule has 0 aliphatic carbocycles. The van der Waals surface area contributed by atoms with Crippen LogP contribution in [0.4, 0.5) is 10.2 Å². The van der Waals surface area contributed by atoms with Crippen LogP contribution in [-0.2, 0) is 9.53 Å². The fourth-order valence-corrected chi connectivity index (χ4v) is 4.73. The number of benzene rings is 1. The molecule has 0 unspecified atom stereocenters. The zero-order valence-electron chi connectivity index (χ0n) is 17.2. The molecule has 7 nitrogen and oxygen atoms in total. The molecule has 0 radical (unpaired) electrons. The molecule has 162 valence electrons. The van der Waals surface area contributed by atoms with Gasteiger partial charge in [-0.2, -0.15) is 0 Å². The van der Waals surface area contributed by atoms with E-state index >= 15 is 0 Å². The van der Waals surface area contributed by atoms with Crippen molar-refractivity contribution in [3.05, 3.63) is 46.6 Å². The fourth-order valence-electron chi connectivity index (χ4n) is 4.73. The number of nitrogens with zero attached hydrogens (tertiary/aromatic N) is 2. The quantitative estimate of drug-likeness (QED) is 0.631. The van der Waals surface area contributed by atoms with Crippen LogP contribution in [0.1, 0.15) is 25.7 Å². The highest BCUT2D eigenvalue weighted by Gasteiger charge is 2.30. The highest BCUT2D eigenvalue weighted by molar-refractivity contribution is 6.09. The van der Waals surface area contributed by atoms with Gasteiger partial charge in [0.1, 0.15) is 11.6 Å². The summed E-state index contributed by atoms with van der Waals surface area (Å²) in [6.07, 6.45) is 4.93. The summed E-state index contributed by atoms with van der Waals surface area (Å²) in [6, 6.07) is 6.16. The maximum Gasteiger partial charge on any atom is 0.258 e. The highest BCUT2D eigenvalue weighted by Crippen LogP contribution is 2.30. The number of carbonyl (C=O) groups is 1. The number of hydrogen-bond acceptors (Lipinski definition) is 5. The molecule has 2 saturated heterocycles. The molecule has 2 fully saturated rings. The average molecular weight is 424 g/mol. The van der Waals surface area contributed by atoms with Crippen molar-refractivity contribution in [3.63, 3.8) is 0 Å². The first-order chi connectivity index (χ1) is 15.1. The Kier molecular flexibility index (Phi) is 5.31. The molecule has 0 spiro atoms. The van der Waals surface area contributed by atoms with Crippen molar-refractivity contribution in [2.75, 3.05) is 31.6 Å². The van der Waals surface area contributed by atoms with Gasteiger partial charge in [-0.3, -0.25) is 9.59 Å². The first-order valence-electron chi connectivity index (χ1n) is 10.8. The van der Waals surface area contributed by atoms with Crippen molar-refractivity contribution in [3.8, 4) is 0 Å². The smallest absolute Gasteiger partial charge is 0.258 e. The van der Waals surface area contributed by atoms with Crippen LogP contribution in [-0.4, -0.2) is 53.1 Å². The summed E-state index contributed by atoms with van der Waals surface area (Å²) in [7, 11) is 0. The normalized spacial score (nSPS) is 20.3. The van der Waals surface area contributed by atoms with Crippen LogP contribution in [0.5, 0.6) is 0 Å². The van der Waals surface area contributed by atoms with Crippen molar-refractivity contribution < 1.29 is 13.9 Å². The molecule has 3 aromatic rings. The third kappa shape index (κ3) is 3.87. The number of pyridine rings is 2. The van der Waals surface area contributed by atoms with Crippen molar-refractivity contribution in [1.29, 1.82) is 0 Å². The van der Waals surface area contributed by atoms with E-state index in [2.05, 4.69) is 15.3 Å². The second-order valence-electron chi connectivity index (χ2n) is 8.37. The van der Waals surface area contributed by atoms with Gasteiger partial charge in [-0.1, -0.05) is 0 Å². The molecule has 1 aromatic carbocycles. The summed E-state index contributed by atoms with van der Waals surface area (Å²) in [4.78, 5) is 34.6. The Bertz CT molecular complexity index is 1190. The van der Waals surface area contributed by atoms with Crippen LogP contribution in [0.3, 0.4) is 0 Å². The Morgan fingerprint density at radius 2 is 2.03 bits per heavy atom. The Hall–Kier alpha value is -3.00. The number of nitrogens with one attached hydrogen (secondary N) is 2. The Labute approximate surface area is 178 Å². The lowest BCUT2D eigenvalue weighted by atomic mass is 9.96. The van der Waals surface area contributed by atoms with Gasteiger partial charge in [0, 0.05) is 55.2 Å². The minimum Gasteiger partial charge on any atom is -0.381 e. The van der Waals surface area contributed by atoms with E-state index in [-0.39, 0.29) is 23.4 Å². The first-order valence-corrected chi connectivity index (χ1v) is 10.8. The molecule has 5 rings (SSSR count). The van der Waals surface area contributed by atoms with Crippen LogP contribution in [0.15, 0.2) is 35.3 Å². The number of halogens is 1. The molecular weight excluding hydrogens is 399 g/mol. The maximum absolute atomic E-state index is 14.0. The molecule has 1 amide bonds. The number of amides is 1. The number of ether oxygens (including phenoxy) is 1. The van der Waals surface area contributed by atoms with Crippen LogP contribution in [0.25, 0.3) is 21.7 Å². The lowest BCUT2D eigenvalue weighted by Gasteiger charge is -2.36. The molecule has 2 N–H and O–H groups in total. The summed E-state index contributed by atoms with van der Waals surface area (Å²) in [5.41, 5.74) is 0.216. The monoisotopic (exact) mass is 424 g/mol. The lowest BCUT2D eigenvalue weighted by molar-refractivity contribution is -0.139. The standard InChI is InChI=1S/C23H25FN4O3/c24-15-3-4-17-18(12-15)20-19(5-8-25-22(20)29)27-21(17)26-16-2-1-9-28(13-16)23(30)14-6-10-31-11-7-14/h3-5,8,12,14,16H,1-2,6-7,9-11,13H2,(H,25,29)(H,26,27)/t16-/m1/s1. The van der Waals surface area contributed by atoms with Gasteiger partial charge in [-0.25, -0.2) is 9.37 Å². The number of H-pyrrole nitrogens is 1. The Morgan fingerprint density at radius 3 is 2.87 bits per heavy atom. The summed E-state index contributed by atoms with van der Waals surface area (Å²) in [5, 5.41) is 5.08. The highest BCUT2D eigenvalue weighted by atomic mass is 19.1. The van der Waals surface area contributed by atoms with E-state index in [0.717, 1.165) is 32.2 Å². The van der Waals surface area contributed by atoms with Gasteiger partial charge in [-0.05, 0) is 49.9 Å². The minimum atomic E-state index is -0.403. The Morgan fingerprint density at radius 1 is 1.19 bits per heavy atom. The third-order valence-corrected chi connectivity index (χ3v) is 6.32. The number of fused-ring (bicyclic) bond motifs is 3. The van der Waals surface area contributed by atoms with E-state index in [1.54, 1.807) is 18.3 Å². The van der Waals surface area contributed by atoms with Gasteiger partial charge in [0.05, 0.1) is 10.9 Å². The number of aromatic amines is 1. The summed E-state index contributed by atoms with van der Waals surface area (Å²) >= 11 is 0. The predicted octanol–water partition coefficient (Wildman–Crippen LogP) is 3.04. The van der Waals surface area contributed by atoms with Crippen molar-refractivity contribution >= 4 is 33.4 Å². The number of piperidine rings is 1. The number of carbonyl (C=O) groups excluding carboxylic acids is 1. The maximum atomic E-state index is 14.0. The number of aromatic nitrogens is 2. The van der Waals surface area contributed by atoms with Gasteiger partial charge in [-0.15, -0.1) is 0 Å². The number of anilines is 1. The molecule has 0 saturated carbocycles. The zero-order valence-corrected chi connectivity index (χ0v) is 17.2. The van der Waals surface area contributed by atoms with Gasteiger partial charge < -0.3 is 19.9 Å². The molecule has 4 heterocycles. The summed E-state index contributed by atoms with van der Waals surface area (Å²) in [6.45, 7) is 2.66. The predicted molar refractivity (Wildman–Crippen MR) is 117 cm³/mol. The lowest BCUT2D eigenvalue weighted by Crippen LogP contribution is -2.48. The Balaban J connectivity index is 1.44. The van der Waals surface area contributed by atoms with E-state index in [1.165, 1.54) is 12.1 Å². The fraction of sp³-hybridized carbons (Fsp3) is 0.435. The molecule has 1 atom stereocenters. The largest absolute Gasteiger partial charge is 0.381 e. The number of rotatable bonds is 3. The van der Waals surface area contributed by atoms with Crippen LogP contribution >= 0.6 is 0 Å². The molecular formula is C23H25FN4O3. The van der Waals surface area contributed by atoms with Crippen LogP contribution in [0.2, 0.25) is 0 Å². The minimum absolute atomic E-state index is 0.0396. The van der Waals surface area contributed by atoms with Gasteiger partial charge in [0.2, 0.25) is 5.91 Å². The second-order valence-corrected chi connectivity index (χ2v) is 8.37. The average Bonchev–Trinajstić information content (AvgIpc) is 2.79. The van der Waals surface area contributed by atoms with Crippen LogP contribution in [0, 0.1) is 11.7 Å². The molecule has 2 aliphatic heterocycles. The third-order valence-electron chi connectivity index (χ3n) is 6.32. The van der Waals surface area contributed by atoms with Crippen molar-refractivity contribution in [2.24, 2.45) is 5.92 Å². The topological polar surface area (TPSA) is 87.3 Å². The van der Waals surface area contributed by atoms with Crippen LogP contribution < -0.4 is 10.9 Å². The van der Waals surface area contributed by atoms with E-state index in [1.807, 2.05) is 4.90 Å². The zero-order chi connectivity index (χ0) is 21.4. The van der Waals surface area contributed by atoms with E-state index in [9.17, 15) is 14.0 Å². The molecule has 8 heteroatoms. The molecule has 2 aromatic heterocycles. The second kappa shape index (κ2) is 8.26. The van der Waals surface area contributed by atoms with E-state index in [4.69, 9.17) is 4.74 Å². The van der Waals surface area contributed by atoms with E-state index < -0.39 is 5.82 Å². The molecule has 31 heavy (non-hydrogen) atoms. The van der Waals surface area contributed by atoms with Gasteiger partial charge in [0.25, 0.3) is 5.56 Å². The van der Waals surface area contributed by atoms with E-state index in [0.29, 0.717) is 47.3 Å². The number of hydrogen-bond donors (Lipinski definition) is 2. The van der Waals surface area contributed by atoms with Crippen molar-refractivity contribution in [1.82, 2.24) is 14.9 Å². The first kappa shape index (κ1) is 19.9. The number of likely N-dealkylation sites (tertiary alicyclic amines) is 1. The molecule has 0 bridgehead atoms. The summed E-state index contributed by atoms with van der Waals surface area (Å²) < 4.78 is 19.4.